The molecule has 0 bridgehead atoms. The number of hydrogen-bond acceptors (Lipinski definition) is 3. The molecule has 0 unspecified atom stereocenters. The molecule has 19 heavy (non-hydrogen) atoms. The third-order valence-electron chi connectivity index (χ3n) is 2.96. The molecule has 0 aliphatic carbocycles. The van der Waals surface area contributed by atoms with Crippen LogP contribution in [0.5, 0.6) is 5.75 Å². The first-order valence-electron chi connectivity index (χ1n) is 6.30. The Kier molecular flexibility index (Phi) is 4.00. The van der Waals surface area contributed by atoms with Crippen LogP contribution < -0.4 is 10.3 Å². The maximum Gasteiger partial charge on any atom is 0.267 e. The molecule has 0 N–H and O–H groups in total. The lowest BCUT2D eigenvalue weighted by molar-refractivity contribution is 0.284. The second-order valence-corrected chi connectivity index (χ2v) is 4.66. The van der Waals surface area contributed by atoms with Gasteiger partial charge in [-0.2, -0.15) is 5.10 Å². The second-order valence-electron chi connectivity index (χ2n) is 4.66. The summed E-state index contributed by atoms with van der Waals surface area (Å²) in [6.45, 7) is 6.76. The predicted molar refractivity (Wildman–Crippen MR) is 74.6 cm³/mol. The van der Waals surface area contributed by atoms with Crippen LogP contribution in [-0.2, 0) is 6.54 Å². The number of nitrogens with zero attached hydrogens (tertiary/aromatic N) is 2. The Morgan fingerprint density at radius 2 is 1.89 bits per heavy atom. The Morgan fingerprint density at radius 3 is 2.53 bits per heavy atom. The highest BCUT2D eigenvalue weighted by Crippen LogP contribution is 2.21. The summed E-state index contributed by atoms with van der Waals surface area (Å²) >= 11 is 0. The first kappa shape index (κ1) is 13.3. The first-order chi connectivity index (χ1) is 9.08. The summed E-state index contributed by atoms with van der Waals surface area (Å²) in [7, 11) is 0. The molecule has 2 aromatic rings. The van der Waals surface area contributed by atoms with E-state index >= 15 is 0 Å². The Balaban J connectivity index is 2.02. The minimum Gasteiger partial charge on any atom is -0.491 e. The van der Waals surface area contributed by atoms with Crippen LogP contribution in [0.3, 0.4) is 0 Å². The topological polar surface area (TPSA) is 44.1 Å². The summed E-state index contributed by atoms with van der Waals surface area (Å²) in [5.74, 6) is 0.891. The van der Waals surface area contributed by atoms with Crippen molar-refractivity contribution in [2.24, 2.45) is 0 Å². The summed E-state index contributed by atoms with van der Waals surface area (Å²) < 4.78 is 7.17. The van der Waals surface area contributed by atoms with Gasteiger partial charge in [-0.1, -0.05) is 18.2 Å². The molecule has 0 radical (unpaired) electrons. The zero-order chi connectivity index (χ0) is 13.8. The molecule has 0 amide bonds. The lowest BCUT2D eigenvalue weighted by Crippen LogP contribution is -2.25. The van der Waals surface area contributed by atoms with Crippen molar-refractivity contribution in [2.45, 2.75) is 27.3 Å². The number of aryl methyl sites for hydroxylation is 3. The van der Waals surface area contributed by atoms with Gasteiger partial charge in [0.05, 0.1) is 12.7 Å². The van der Waals surface area contributed by atoms with E-state index < -0.39 is 0 Å². The van der Waals surface area contributed by atoms with Gasteiger partial charge in [0, 0.05) is 6.07 Å². The molecule has 1 aromatic carbocycles. The van der Waals surface area contributed by atoms with Gasteiger partial charge in [0.15, 0.2) is 0 Å². The molecule has 0 saturated carbocycles. The van der Waals surface area contributed by atoms with Crippen LogP contribution in [-0.4, -0.2) is 16.4 Å². The van der Waals surface area contributed by atoms with E-state index in [1.165, 1.54) is 4.68 Å². The highest BCUT2D eigenvalue weighted by atomic mass is 16.5. The van der Waals surface area contributed by atoms with Gasteiger partial charge in [-0.25, -0.2) is 4.68 Å². The van der Waals surface area contributed by atoms with E-state index in [1.807, 2.05) is 39.0 Å². The highest BCUT2D eigenvalue weighted by Gasteiger charge is 2.04. The largest absolute Gasteiger partial charge is 0.491 e. The molecular weight excluding hydrogens is 240 g/mol. The van der Waals surface area contributed by atoms with Gasteiger partial charge in [-0.05, 0) is 37.5 Å². The minimum absolute atomic E-state index is 0.0925. The molecule has 1 heterocycles. The Labute approximate surface area is 112 Å². The molecule has 0 aliphatic rings. The van der Waals surface area contributed by atoms with Crippen molar-refractivity contribution in [3.05, 3.63) is 57.5 Å². The average molecular weight is 258 g/mol. The summed E-state index contributed by atoms with van der Waals surface area (Å²) in [6.07, 6.45) is 1.68. The van der Waals surface area contributed by atoms with Gasteiger partial charge >= 0.3 is 0 Å². The highest BCUT2D eigenvalue weighted by molar-refractivity contribution is 5.39. The molecule has 0 atom stereocenters. The van der Waals surface area contributed by atoms with Crippen LogP contribution in [0.4, 0.5) is 0 Å². The minimum atomic E-state index is -0.0925. The van der Waals surface area contributed by atoms with Crippen molar-refractivity contribution in [3.8, 4) is 5.75 Å². The second kappa shape index (κ2) is 5.69. The summed E-state index contributed by atoms with van der Waals surface area (Å²) in [4.78, 5) is 11.7. The monoisotopic (exact) mass is 258 g/mol. The standard InChI is InChI=1S/C15H18N2O2/c1-11-9-14(18)17(16-10-11)7-8-19-15-12(2)5-4-6-13(15)3/h4-6,9-10H,7-8H2,1-3H3. The van der Waals surface area contributed by atoms with Crippen molar-refractivity contribution in [2.75, 3.05) is 6.61 Å². The summed E-state index contributed by atoms with van der Waals surface area (Å²) in [5.41, 5.74) is 2.98. The van der Waals surface area contributed by atoms with E-state index in [0.29, 0.717) is 13.2 Å². The molecule has 0 saturated heterocycles. The van der Waals surface area contributed by atoms with Crippen LogP contribution in [0.15, 0.2) is 35.3 Å². The fourth-order valence-corrected chi connectivity index (χ4v) is 1.95. The van der Waals surface area contributed by atoms with Gasteiger partial charge in [0.25, 0.3) is 5.56 Å². The van der Waals surface area contributed by atoms with Crippen molar-refractivity contribution in [3.63, 3.8) is 0 Å². The van der Waals surface area contributed by atoms with Gasteiger partial charge in [0.1, 0.15) is 12.4 Å². The lowest BCUT2D eigenvalue weighted by Gasteiger charge is -2.12. The van der Waals surface area contributed by atoms with Crippen LogP contribution in [0, 0.1) is 20.8 Å². The Bertz CT molecular complexity index is 612. The van der Waals surface area contributed by atoms with Gasteiger partial charge in [-0.15, -0.1) is 0 Å². The van der Waals surface area contributed by atoms with Crippen molar-refractivity contribution in [1.29, 1.82) is 0 Å². The summed E-state index contributed by atoms with van der Waals surface area (Å²) in [6, 6.07) is 7.60. The molecule has 2 rings (SSSR count). The smallest absolute Gasteiger partial charge is 0.267 e. The SMILES string of the molecule is Cc1cnn(CCOc2c(C)cccc2C)c(=O)c1. The van der Waals surface area contributed by atoms with E-state index in [0.717, 1.165) is 22.4 Å². The maximum absolute atomic E-state index is 11.7. The third-order valence-corrected chi connectivity index (χ3v) is 2.96. The van der Waals surface area contributed by atoms with E-state index in [1.54, 1.807) is 12.3 Å². The van der Waals surface area contributed by atoms with Crippen molar-refractivity contribution < 1.29 is 4.74 Å². The number of rotatable bonds is 4. The van der Waals surface area contributed by atoms with Crippen LogP contribution in [0.25, 0.3) is 0 Å². The molecule has 0 aliphatic heterocycles. The number of aromatic nitrogens is 2. The maximum atomic E-state index is 11.7. The zero-order valence-corrected chi connectivity index (χ0v) is 11.5. The van der Waals surface area contributed by atoms with Gasteiger partial charge in [0.2, 0.25) is 0 Å². The fourth-order valence-electron chi connectivity index (χ4n) is 1.95. The van der Waals surface area contributed by atoms with Crippen molar-refractivity contribution >= 4 is 0 Å². The number of benzene rings is 1. The predicted octanol–water partition coefficient (Wildman–Crippen LogP) is 2.25. The van der Waals surface area contributed by atoms with Gasteiger partial charge < -0.3 is 4.74 Å². The molecule has 100 valence electrons. The molecule has 4 nitrogen and oxygen atoms in total. The fraction of sp³-hybridized carbons (Fsp3) is 0.333. The van der Waals surface area contributed by atoms with Crippen LogP contribution in [0.2, 0.25) is 0 Å². The Hall–Kier alpha value is -2.10. The van der Waals surface area contributed by atoms with E-state index in [2.05, 4.69) is 5.10 Å². The van der Waals surface area contributed by atoms with E-state index in [4.69, 9.17) is 4.74 Å². The first-order valence-corrected chi connectivity index (χ1v) is 6.30. The van der Waals surface area contributed by atoms with E-state index in [9.17, 15) is 4.79 Å². The van der Waals surface area contributed by atoms with Crippen LogP contribution >= 0.6 is 0 Å². The van der Waals surface area contributed by atoms with Gasteiger partial charge in [-0.3, -0.25) is 4.79 Å². The molecule has 0 fully saturated rings. The number of ether oxygens (including phenoxy) is 1. The summed E-state index contributed by atoms with van der Waals surface area (Å²) in [5, 5.41) is 4.08. The third kappa shape index (κ3) is 3.22. The van der Waals surface area contributed by atoms with Crippen LogP contribution in [0.1, 0.15) is 16.7 Å². The molecular formula is C15H18N2O2. The average Bonchev–Trinajstić information content (AvgIpc) is 2.35. The van der Waals surface area contributed by atoms with E-state index in [-0.39, 0.29) is 5.56 Å². The quantitative estimate of drug-likeness (QED) is 0.844. The van der Waals surface area contributed by atoms with Crippen molar-refractivity contribution in [1.82, 2.24) is 9.78 Å². The molecule has 4 heteroatoms. The number of hydrogen-bond donors (Lipinski definition) is 0. The zero-order valence-electron chi connectivity index (χ0n) is 11.5. The Morgan fingerprint density at radius 1 is 1.21 bits per heavy atom. The molecule has 0 spiro atoms. The molecule has 1 aromatic heterocycles. The normalized spacial score (nSPS) is 10.5. The lowest BCUT2D eigenvalue weighted by atomic mass is 10.1. The number of para-hydroxylation sites is 1.